The SMILES string of the molecule is CC.CCC(N)=O.CCCC.CSc1c(C)cc(C)cc1C. The zero-order valence-electron chi connectivity index (χ0n) is 16.2. The van der Waals surface area contributed by atoms with Gasteiger partial charge in [-0.15, -0.1) is 11.8 Å². The highest BCUT2D eigenvalue weighted by Gasteiger charge is 2.00. The first-order valence-corrected chi connectivity index (χ1v) is 9.46. The summed E-state index contributed by atoms with van der Waals surface area (Å²) >= 11 is 1.83. The number of nitrogens with two attached hydrogens (primary N) is 1. The molecule has 0 unspecified atom stereocenters. The molecule has 0 heterocycles. The standard InChI is InChI=1S/C10H14S.C4H10.C3H7NO.C2H6/c1-7-5-8(2)10(11-4)9(3)6-7;1-3-4-2;1-2-3(4)5;1-2/h5-6H,1-4H3;3-4H2,1-2H3;2H2,1H3,(H2,4,5);1-2H3. The second kappa shape index (κ2) is 18.1. The minimum Gasteiger partial charge on any atom is -0.370 e. The lowest BCUT2D eigenvalue weighted by atomic mass is 10.1. The van der Waals surface area contributed by atoms with E-state index in [1.54, 1.807) is 6.92 Å². The monoisotopic (exact) mass is 327 g/mol. The molecule has 0 aliphatic carbocycles. The third kappa shape index (κ3) is 15.4. The van der Waals surface area contributed by atoms with Gasteiger partial charge in [-0.2, -0.15) is 0 Å². The van der Waals surface area contributed by atoms with Crippen LogP contribution in [0.1, 0.15) is 70.6 Å². The minimum atomic E-state index is -0.245. The fourth-order valence-electron chi connectivity index (χ4n) is 1.49. The molecule has 22 heavy (non-hydrogen) atoms. The Morgan fingerprint density at radius 1 is 1.00 bits per heavy atom. The van der Waals surface area contributed by atoms with Crippen LogP contribution < -0.4 is 5.73 Å². The zero-order valence-corrected chi connectivity index (χ0v) is 17.0. The van der Waals surface area contributed by atoms with Crippen molar-refractivity contribution in [2.45, 2.75) is 79.5 Å². The Morgan fingerprint density at radius 3 is 1.50 bits per heavy atom. The molecule has 1 amide bonds. The molecule has 1 rings (SSSR count). The number of hydrogen-bond donors (Lipinski definition) is 1. The number of primary amides is 1. The molecule has 0 radical (unpaired) electrons. The normalized spacial score (nSPS) is 8.41. The van der Waals surface area contributed by atoms with Crippen LogP contribution in [0, 0.1) is 20.8 Å². The molecule has 130 valence electrons. The van der Waals surface area contributed by atoms with E-state index in [1.807, 2.05) is 25.6 Å². The topological polar surface area (TPSA) is 43.1 Å². The third-order valence-corrected chi connectivity index (χ3v) is 3.71. The molecule has 0 aromatic heterocycles. The number of unbranched alkanes of at least 4 members (excludes halogenated alkanes) is 1. The average molecular weight is 328 g/mol. The summed E-state index contributed by atoms with van der Waals surface area (Å²) < 4.78 is 0. The fraction of sp³-hybridized carbons (Fsp3) is 0.632. The van der Waals surface area contributed by atoms with Gasteiger partial charge in [0.05, 0.1) is 0 Å². The summed E-state index contributed by atoms with van der Waals surface area (Å²) in [6.07, 6.45) is 5.21. The molecule has 2 nitrogen and oxygen atoms in total. The Labute approximate surface area is 143 Å². The lowest BCUT2D eigenvalue weighted by molar-refractivity contribution is -0.117. The van der Waals surface area contributed by atoms with Gasteiger partial charge in [0.1, 0.15) is 0 Å². The van der Waals surface area contributed by atoms with Crippen LogP contribution in [0.5, 0.6) is 0 Å². The highest BCUT2D eigenvalue weighted by atomic mass is 32.2. The molecule has 0 fully saturated rings. The van der Waals surface area contributed by atoms with E-state index in [4.69, 9.17) is 0 Å². The van der Waals surface area contributed by atoms with Crippen LogP contribution in [0.2, 0.25) is 0 Å². The van der Waals surface area contributed by atoms with E-state index in [-0.39, 0.29) is 5.91 Å². The van der Waals surface area contributed by atoms with Gasteiger partial charge in [0.15, 0.2) is 0 Å². The molecule has 0 aliphatic rings. The van der Waals surface area contributed by atoms with E-state index >= 15 is 0 Å². The summed E-state index contributed by atoms with van der Waals surface area (Å²) in [5.41, 5.74) is 8.81. The first-order chi connectivity index (χ1) is 10.3. The Bertz CT molecular complexity index is 364. The maximum atomic E-state index is 9.59. The second-order valence-electron chi connectivity index (χ2n) is 4.75. The summed E-state index contributed by atoms with van der Waals surface area (Å²) in [6.45, 7) is 16.6. The molecule has 1 aromatic rings. The Balaban J connectivity index is -0.000000276. The number of thioether (sulfide) groups is 1. The van der Waals surface area contributed by atoms with Gasteiger partial charge in [0, 0.05) is 11.3 Å². The minimum absolute atomic E-state index is 0.245. The number of aryl methyl sites for hydroxylation is 3. The van der Waals surface area contributed by atoms with Gasteiger partial charge in [-0.1, -0.05) is 65.2 Å². The lowest BCUT2D eigenvalue weighted by Crippen LogP contribution is -2.06. The van der Waals surface area contributed by atoms with Crippen LogP contribution in [0.3, 0.4) is 0 Å². The van der Waals surface area contributed by atoms with Crippen LogP contribution in [0.15, 0.2) is 17.0 Å². The van der Waals surface area contributed by atoms with Crippen molar-refractivity contribution in [3.05, 3.63) is 28.8 Å². The maximum absolute atomic E-state index is 9.59. The van der Waals surface area contributed by atoms with Crippen molar-refractivity contribution in [3.63, 3.8) is 0 Å². The number of rotatable bonds is 3. The molecule has 0 bridgehead atoms. The fourth-order valence-corrected chi connectivity index (χ4v) is 2.25. The van der Waals surface area contributed by atoms with Crippen LogP contribution in [-0.2, 0) is 4.79 Å². The first-order valence-electron chi connectivity index (χ1n) is 8.23. The van der Waals surface area contributed by atoms with E-state index in [2.05, 4.69) is 58.7 Å². The Morgan fingerprint density at radius 2 is 1.32 bits per heavy atom. The van der Waals surface area contributed by atoms with Gasteiger partial charge in [0.2, 0.25) is 5.91 Å². The van der Waals surface area contributed by atoms with Crippen molar-refractivity contribution >= 4 is 17.7 Å². The van der Waals surface area contributed by atoms with E-state index in [1.165, 1.54) is 34.4 Å². The van der Waals surface area contributed by atoms with Crippen LogP contribution in [0.25, 0.3) is 0 Å². The Hall–Kier alpha value is -0.960. The predicted octanol–water partition coefficient (Wildman–Crippen LogP) is 6.05. The van der Waals surface area contributed by atoms with Gasteiger partial charge in [-0.25, -0.2) is 0 Å². The van der Waals surface area contributed by atoms with Crippen LogP contribution in [0.4, 0.5) is 0 Å². The van der Waals surface area contributed by atoms with E-state index < -0.39 is 0 Å². The molecule has 0 saturated heterocycles. The zero-order chi connectivity index (χ0) is 18.1. The van der Waals surface area contributed by atoms with Gasteiger partial charge < -0.3 is 5.73 Å². The van der Waals surface area contributed by atoms with Crippen molar-refractivity contribution in [1.29, 1.82) is 0 Å². The first kappa shape index (κ1) is 26.0. The van der Waals surface area contributed by atoms with Crippen molar-refractivity contribution in [2.75, 3.05) is 6.26 Å². The number of benzene rings is 1. The largest absolute Gasteiger partial charge is 0.370 e. The Kier molecular flexibility index (Phi) is 21.3. The van der Waals surface area contributed by atoms with Crippen LogP contribution >= 0.6 is 11.8 Å². The molecule has 0 spiro atoms. The smallest absolute Gasteiger partial charge is 0.217 e. The summed E-state index contributed by atoms with van der Waals surface area (Å²) in [5, 5.41) is 0. The van der Waals surface area contributed by atoms with Crippen molar-refractivity contribution in [2.24, 2.45) is 5.73 Å². The third-order valence-electron chi connectivity index (χ3n) is 2.66. The summed E-state index contributed by atoms with van der Waals surface area (Å²) in [4.78, 5) is 11.0. The van der Waals surface area contributed by atoms with Crippen LogP contribution in [-0.4, -0.2) is 12.2 Å². The van der Waals surface area contributed by atoms with Crippen molar-refractivity contribution in [1.82, 2.24) is 0 Å². The second-order valence-corrected chi connectivity index (χ2v) is 5.57. The highest BCUT2D eigenvalue weighted by Crippen LogP contribution is 2.24. The number of amides is 1. The van der Waals surface area contributed by atoms with Gasteiger partial charge in [-0.3, -0.25) is 4.79 Å². The van der Waals surface area contributed by atoms with Crippen molar-refractivity contribution in [3.8, 4) is 0 Å². The summed E-state index contributed by atoms with van der Waals surface area (Å²) in [7, 11) is 0. The van der Waals surface area contributed by atoms with Gasteiger partial charge in [0.25, 0.3) is 0 Å². The number of carbonyl (C=O) groups is 1. The summed E-state index contributed by atoms with van der Waals surface area (Å²) in [5.74, 6) is -0.245. The van der Waals surface area contributed by atoms with Gasteiger partial charge in [-0.05, 0) is 38.2 Å². The molecule has 3 heteroatoms. The molecular weight excluding hydrogens is 290 g/mol. The number of carbonyl (C=O) groups excluding carboxylic acids is 1. The number of hydrogen-bond acceptors (Lipinski definition) is 2. The van der Waals surface area contributed by atoms with E-state index in [0.29, 0.717) is 6.42 Å². The molecule has 0 aliphatic heterocycles. The molecule has 1 aromatic carbocycles. The van der Waals surface area contributed by atoms with E-state index in [0.717, 1.165) is 0 Å². The van der Waals surface area contributed by atoms with Gasteiger partial charge >= 0.3 is 0 Å². The lowest BCUT2D eigenvalue weighted by Gasteiger charge is -2.07. The average Bonchev–Trinajstić information content (AvgIpc) is 2.49. The quantitative estimate of drug-likeness (QED) is 0.687. The predicted molar refractivity (Wildman–Crippen MR) is 104 cm³/mol. The molecule has 0 atom stereocenters. The molecule has 0 saturated carbocycles. The molecular formula is C19H37NOS. The summed E-state index contributed by atoms with van der Waals surface area (Å²) in [6, 6.07) is 4.47. The van der Waals surface area contributed by atoms with E-state index in [9.17, 15) is 4.79 Å². The van der Waals surface area contributed by atoms with Crippen molar-refractivity contribution < 1.29 is 4.79 Å². The molecule has 2 N–H and O–H groups in total. The highest BCUT2D eigenvalue weighted by molar-refractivity contribution is 7.98. The maximum Gasteiger partial charge on any atom is 0.217 e.